The highest BCUT2D eigenvalue weighted by atomic mass is 35.5. The molecule has 6 heteroatoms. The Morgan fingerprint density at radius 1 is 1.48 bits per heavy atom. The monoisotopic (exact) mass is 314 g/mol. The van der Waals surface area contributed by atoms with Crippen LogP contribution < -0.4 is 0 Å². The van der Waals surface area contributed by atoms with Gasteiger partial charge >= 0.3 is 0 Å². The highest BCUT2D eigenvalue weighted by Gasteiger charge is 2.42. The molecular formula is C15H17ClF2N2O. The van der Waals surface area contributed by atoms with Crippen LogP contribution in [-0.2, 0) is 10.3 Å². The van der Waals surface area contributed by atoms with E-state index in [9.17, 15) is 8.78 Å². The van der Waals surface area contributed by atoms with Crippen LogP contribution in [0, 0.1) is 11.6 Å². The van der Waals surface area contributed by atoms with Crippen molar-refractivity contribution in [2.24, 2.45) is 0 Å². The average molecular weight is 315 g/mol. The van der Waals surface area contributed by atoms with E-state index in [1.54, 1.807) is 6.92 Å². The van der Waals surface area contributed by atoms with Crippen molar-refractivity contribution in [3.63, 3.8) is 0 Å². The molecule has 3 unspecified atom stereocenters. The fourth-order valence-electron chi connectivity index (χ4n) is 3.04. The second-order valence-corrected chi connectivity index (χ2v) is 6.45. The molecule has 1 aromatic carbocycles. The summed E-state index contributed by atoms with van der Waals surface area (Å²) < 4.78 is 35.2. The van der Waals surface area contributed by atoms with E-state index in [4.69, 9.17) is 16.3 Å². The summed E-state index contributed by atoms with van der Waals surface area (Å²) in [5.41, 5.74) is 0.155. The molecule has 0 radical (unpaired) electrons. The van der Waals surface area contributed by atoms with Crippen molar-refractivity contribution in [2.45, 2.75) is 44.2 Å². The normalized spacial score (nSPS) is 27.4. The molecule has 1 aromatic heterocycles. The quantitative estimate of drug-likeness (QED) is 0.779. The molecule has 0 saturated carbocycles. The molecule has 1 aliphatic rings. The molecule has 3 rings (SSSR count). The number of hydrogen-bond acceptors (Lipinski definition) is 2. The van der Waals surface area contributed by atoms with Gasteiger partial charge in [-0.3, -0.25) is 0 Å². The highest BCUT2D eigenvalue weighted by molar-refractivity contribution is 6.20. The molecule has 0 N–H and O–H groups in total. The Morgan fingerprint density at radius 3 is 2.76 bits per heavy atom. The van der Waals surface area contributed by atoms with Gasteiger partial charge in [0.1, 0.15) is 17.2 Å². The van der Waals surface area contributed by atoms with E-state index in [2.05, 4.69) is 4.98 Å². The van der Waals surface area contributed by atoms with Crippen molar-refractivity contribution in [1.29, 1.82) is 0 Å². The summed E-state index contributed by atoms with van der Waals surface area (Å²) in [6.45, 7) is 6.34. The summed E-state index contributed by atoms with van der Waals surface area (Å²) in [6.07, 6.45) is 0.657. The van der Waals surface area contributed by atoms with Crippen LogP contribution in [0.2, 0.25) is 0 Å². The van der Waals surface area contributed by atoms with Crippen LogP contribution in [0.5, 0.6) is 0 Å². The summed E-state index contributed by atoms with van der Waals surface area (Å²) in [5, 5.41) is -0.413. The van der Waals surface area contributed by atoms with Gasteiger partial charge in [-0.1, -0.05) is 0 Å². The lowest BCUT2D eigenvalue weighted by Gasteiger charge is -2.32. The molecule has 2 aromatic rings. The molecule has 3 nitrogen and oxygen atoms in total. The zero-order chi connectivity index (χ0) is 15.4. The number of alkyl halides is 1. The molecule has 3 atom stereocenters. The Hall–Kier alpha value is -1.20. The van der Waals surface area contributed by atoms with Crippen LogP contribution in [0.4, 0.5) is 8.78 Å². The lowest BCUT2D eigenvalue weighted by Crippen LogP contribution is -2.38. The van der Waals surface area contributed by atoms with Gasteiger partial charge in [-0.15, -0.1) is 11.6 Å². The third kappa shape index (κ3) is 2.14. The van der Waals surface area contributed by atoms with Crippen LogP contribution in [0.25, 0.3) is 11.0 Å². The van der Waals surface area contributed by atoms with E-state index >= 15 is 0 Å². The fourth-order valence-corrected chi connectivity index (χ4v) is 3.19. The van der Waals surface area contributed by atoms with Gasteiger partial charge in [0.15, 0.2) is 5.82 Å². The molecule has 114 valence electrons. The van der Waals surface area contributed by atoms with Gasteiger partial charge in [0.05, 0.1) is 22.5 Å². The SMILES string of the molecule is CC(Cl)c1nc2c(F)cc(F)cc2n1C1(C)CCOC1C. The second-order valence-electron chi connectivity index (χ2n) is 5.80. The number of halogens is 3. The third-order valence-electron chi connectivity index (χ3n) is 4.42. The molecule has 0 amide bonds. The predicted octanol–water partition coefficient (Wildman–Crippen LogP) is 4.14. The van der Waals surface area contributed by atoms with E-state index < -0.39 is 22.6 Å². The standard InChI is InChI=1S/C15H17ClF2N2O/c1-8(16)14-19-13-11(18)6-10(17)7-12(13)20(14)15(3)4-5-21-9(15)2/h6-9H,4-5H2,1-3H3. The van der Waals surface area contributed by atoms with Crippen molar-refractivity contribution in [3.05, 3.63) is 29.6 Å². The number of rotatable bonds is 2. The largest absolute Gasteiger partial charge is 0.376 e. The number of hydrogen-bond donors (Lipinski definition) is 0. The van der Waals surface area contributed by atoms with Gasteiger partial charge in [-0.2, -0.15) is 0 Å². The Kier molecular flexibility index (Phi) is 3.45. The van der Waals surface area contributed by atoms with E-state index in [1.807, 2.05) is 18.4 Å². The van der Waals surface area contributed by atoms with Gasteiger partial charge in [-0.05, 0) is 27.2 Å². The minimum Gasteiger partial charge on any atom is -0.376 e. The van der Waals surface area contributed by atoms with Crippen molar-refractivity contribution in [2.75, 3.05) is 6.61 Å². The molecule has 0 aliphatic carbocycles. The first-order chi connectivity index (χ1) is 9.84. The van der Waals surface area contributed by atoms with Crippen LogP contribution in [0.1, 0.15) is 38.4 Å². The minimum absolute atomic E-state index is 0.0876. The number of imidazole rings is 1. The number of aromatic nitrogens is 2. The van der Waals surface area contributed by atoms with Gasteiger partial charge < -0.3 is 9.30 Å². The summed E-state index contributed by atoms with van der Waals surface area (Å²) in [5.74, 6) is -0.751. The number of fused-ring (bicyclic) bond motifs is 1. The number of benzene rings is 1. The molecule has 2 heterocycles. The average Bonchev–Trinajstić information content (AvgIpc) is 2.92. The molecule has 0 spiro atoms. The lowest BCUT2D eigenvalue weighted by molar-refractivity contribution is 0.0763. The first-order valence-corrected chi connectivity index (χ1v) is 7.42. The van der Waals surface area contributed by atoms with Gasteiger partial charge in [0.2, 0.25) is 0 Å². The molecule has 1 fully saturated rings. The zero-order valence-electron chi connectivity index (χ0n) is 12.2. The van der Waals surface area contributed by atoms with Gasteiger partial charge in [0.25, 0.3) is 0 Å². The zero-order valence-corrected chi connectivity index (χ0v) is 12.9. The Bertz CT molecular complexity index is 701. The van der Waals surface area contributed by atoms with Crippen molar-refractivity contribution < 1.29 is 13.5 Å². The van der Waals surface area contributed by atoms with Gasteiger partial charge in [-0.25, -0.2) is 13.8 Å². The predicted molar refractivity (Wildman–Crippen MR) is 77.6 cm³/mol. The van der Waals surface area contributed by atoms with Crippen molar-refractivity contribution >= 4 is 22.6 Å². The third-order valence-corrected chi connectivity index (χ3v) is 4.62. The van der Waals surface area contributed by atoms with Crippen molar-refractivity contribution in [1.82, 2.24) is 9.55 Å². The Labute approximate surface area is 126 Å². The summed E-state index contributed by atoms with van der Waals surface area (Å²) in [6, 6.07) is 2.16. The van der Waals surface area contributed by atoms with Crippen LogP contribution in [-0.4, -0.2) is 22.3 Å². The number of nitrogens with zero attached hydrogens (tertiary/aromatic N) is 2. The van der Waals surface area contributed by atoms with Gasteiger partial charge in [0, 0.05) is 18.7 Å². The van der Waals surface area contributed by atoms with E-state index in [0.29, 0.717) is 17.9 Å². The second kappa shape index (κ2) is 4.92. The molecule has 21 heavy (non-hydrogen) atoms. The molecular weight excluding hydrogens is 298 g/mol. The fraction of sp³-hybridized carbons (Fsp3) is 0.533. The van der Waals surface area contributed by atoms with Crippen LogP contribution in [0.3, 0.4) is 0 Å². The summed E-state index contributed by atoms with van der Waals surface area (Å²) in [4.78, 5) is 4.31. The minimum atomic E-state index is -0.669. The van der Waals surface area contributed by atoms with Crippen LogP contribution in [0.15, 0.2) is 12.1 Å². The van der Waals surface area contributed by atoms with E-state index in [-0.39, 0.29) is 11.6 Å². The van der Waals surface area contributed by atoms with Crippen LogP contribution >= 0.6 is 11.6 Å². The molecule has 1 saturated heterocycles. The Balaban J connectivity index is 2.36. The maximum Gasteiger partial charge on any atom is 0.153 e. The maximum atomic E-state index is 14.0. The Morgan fingerprint density at radius 2 is 2.19 bits per heavy atom. The maximum absolute atomic E-state index is 14.0. The summed E-state index contributed by atoms with van der Waals surface area (Å²) in [7, 11) is 0. The first-order valence-electron chi connectivity index (χ1n) is 6.98. The lowest BCUT2D eigenvalue weighted by atomic mass is 9.93. The highest BCUT2D eigenvalue weighted by Crippen LogP contribution is 2.39. The first kappa shape index (κ1) is 14.7. The van der Waals surface area contributed by atoms with E-state index in [0.717, 1.165) is 12.5 Å². The topological polar surface area (TPSA) is 27.1 Å². The molecule has 0 bridgehead atoms. The smallest absolute Gasteiger partial charge is 0.153 e. The number of ether oxygens (including phenoxy) is 1. The van der Waals surface area contributed by atoms with Crippen molar-refractivity contribution in [3.8, 4) is 0 Å². The van der Waals surface area contributed by atoms with E-state index in [1.165, 1.54) is 6.07 Å². The summed E-state index contributed by atoms with van der Waals surface area (Å²) >= 11 is 6.22. The molecule has 1 aliphatic heterocycles.